The van der Waals surface area contributed by atoms with E-state index in [4.69, 9.17) is 14.2 Å². The average Bonchev–Trinajstić information content (AvgIpc) is 2.70. The fraction of sp³-hybridized carbons (Fsp3) is 0.500. The highest BCUT2D eigenvalue weighted by molar-refractivity contribution is 5.50. The van der Waals surface area contributed by atoms with Crippen molar-refractivity contribution in [3.8, 4) is 11.5 Å². The smallest absolute Gasteiger partial charge is 0.126 e. The molecule has 0 amide bonds. The zero-order valence-electron chi connectivity index (χ0n) is 9.37. The Labute approximate surface area is 90.0 Å². The van der Waals surface area contributed by atoms with Crippen LogP contribution in [0.2, 0.25) is 0 Å². The second-order valence-electron chi connectivity index (χ2n) is 3.66. The summed E-state index contributed by atoms with van der Waals surface area (Å²) in [6.07, 6.45) is 2.22. The Morgan fingerprint density at radius 2 is 1.93 bits per heavy atom. The third-order valence-corrected chi connectivity index (χ3v) is 2.96. The molecular formula is C12H16O3. The molecule has 0 saturated carbocycles. The Morgan fingerprint density at radius 3 is 2.53 bits per heavy atom. The van der Waals surface area contributed by atoms with E-state index in [0.717, 1.165) is 24.3 Å². The van der Waals surface area contributed by atoms with Gasteiger partial charge in [0.1, 0.15) is 11.5 Å². The highest BCUT2D eigenvalue weighted by atomic mass is 16.5. The summed E-state index contributed by atoms with van der Waals surface area (Å²) < 4.78 is 16.0. The third kappa shape index (κ3) is 1.67. The van der Waals surface area contributed by atoms with Crippen LogP contribution in [0.4, 0.5) is 0 Å². The van der Waals surface area contributed by atoms with Gasteiger partial charge in [-0.3, -0.25) is 0 Å². The molecule has 0 bridgehead atoms. The van der Waals surface area contributed by atoms with E-state index in [1.807, 2.05) is 12.1 Å². The maximum absolute atomic E-state index is 5.43. The van der Waals surface area contributed by atoms with Gasteiger partial charge < -0.3 is 14.2 Å². The van der Waals surface area contributed by atoms with E-state index >= 15 is 0 Å². The number of methoxy groups -OCH3 is 3. The van der Waals surface area contributed by atoms with Crippen LogP contribution in [-0.4, -0.2) is 21.3 Å². The minimum absolute atomic E-state index is 0.184. The van der Waals surface area contributed by atoms with Crippen LogP contribution in [0.15, 0.2) is 12.1 Å². The Balaban J connectivity index is 2.48. The summed E-state index contributed by atoms with van der Waals surface area (Å²) in [5.74, 6) is 1.73. The fourth-order valence-corrected chi connectivity index (χ4v) is 2.17. The van der Waals surface area contributed by atoms with Gasteiger partial charge in [0.05, 0.1) is 20.3 Å². The maximum atomic E-state index is 5.43. The molecule has 0 N–H and O–H groups in total. The maximum Gasteiger partial charge on any atom is 0.126 e. The van der Waals surface area contributed by atoms with Crippen molar-refractivity contribution in [1.82, 2.24) is 0 Å². The van der Waals surface area contributed by atoms with Crippen LogP contribution in [0.3, 0.4) is 0 Å². The van der Waals surface area contributed by atoms with Crippen molar-refractivity contribution >= 4 is 0 Å². The number of benzene rings is 1. The molecule has 3 heteroatoms. The summed E-state index contributed by atoms with van der Waals surface area (Å²) in [5.41, 5.74) is 2.46. The lowest BCUT2D eigenvalue weighted by Crippen LogP contribution is -1.98. The topological polar surface area (TPSA) is 27.7 Å². The van der Waals surface area contributed by atoms with Gasteiger partial charge in [0.2, 0.25) is 0 Å². The lowest BCUT2D eigenvalue weighted by atomic mass is 10.1. The minimum Gasteiger partial charge on any atom is -0.497 e. The van der Waals surface area contributed by atoms with Crippen molar-refractivity contribution in [2.75, 3.05) is 21.3 Å². The van der Waals surface area contributed by atoms with Gasteiger partial charge in [-0.1, -0.05) is 0 Å². The van der Waals surface area contributed by atoms with E-state index in [1.165, 1.54) is 11.1 Å². The first-order valence-corrected chi connectivity index (χ1v) is 5.07. The summed E-state index contributed by atoms with van der Waals surface area (Å²) in [5, 5.41) is 0. The monoisotopic (exact) mass is 208 g/mol. The molecule has 0 spiro atoms. The molecule has 0 aromatic heterocycles. The lowest BCUT2D eigenvalue weighted by Gasteiger charge is -2.13. The van der Waals surface area contributed by atoms with Gasteiger partial charge in [-0.2, -0.15) is 0 Å². The summed E-state index contributed by atoms with van der Waals surface area (Å²) in [4.78, 5) is 0. The third-order valence-electron chi connectivity index (χ3n) is 2.96. The first kappa shape index (κ1) is 10.3. The van der Waals surface area contributed by atoms with Crippen LogP contribution in [0.25, 0.3) is 0 Å². The molecule has 0 saturated heterocycles. The standard InChI is InChI=1S/C12H16O3/c1-13-8-6-10-9(12(7-8)15-3)4-5-11(10)14-2/h6-7,11H,4-5H2,1-3H3. The van der Waals surface area contributed by atoms with E-state index in [1.54, 1.807) is 21.3 Å². The van der Waals surface area contributed by atoms with Crippen LogP contribution in [0, 0.1) is 0 Å². The Morgan fingerprint density at radius 1 is 1.13 bits per heavy atom. The number of hydrogen-bond donors (Lipinski definition) is 0. The lowest BCUT2D eigenvalue weighted by molar-refractivity contribution is 0.105. The quantitative estimate of drug-likeness (QED) is 0.763. The highest BCUT2D eigenvalue weighted by Crippen LogP contribution is 2.41. The van der Waals surface area contributed by atoms with E-state index in [9.17, 15) is 0 Å². The first-order valence-electron chi connectivity index (χ1n) is 5.07. The molecule has 1 aromatic rings. The molecular weight excluding hydrogens is 192 g/mol. The summed E-state index contributed by atoms with van der Waals surface area (Å²) >= 11 is 0. The number of hydrogen-bond acceptors (Lipinski definition) is 3. The Kier molecular flexibility index (Phi) is 2.82. The van der Waals surface area contributed by atoms with Crippen molar-refractivity contribution in [2.24, 2.45) is 0 Å². The molecule has 1 aliphatic carbocycles. The molecule has 15 heavy (non-hydrogen) atoms. The number of rotatable bonds is 3. The normalized spacial score (nSPS) is 18.7. The van der Waals surface area contributed by atoms with E-state index < -0.39 is 0 Å². The zero-order valence-corrected chi connectivity index (χ0v) is 9.37. The zero-order chi connectivity index (χ0) is 10.8. The van der Waals surface area contributed by atoms with Gasteiger partial charge in [0, 0.05) is 18.7 Å². The molecule has 1 atom stereocenters. The van der Waals surface area contributed by atoms with Crippen molar-refractivity contribution in [1.29, 1.82) is 0 Å². The summed E-state index contributed by atoms with van der Waals surface area (Å²) in [7, 11) is 5.10. The Hall–Kier alpha value is -1.22. The molecule has 2 rings (SSSR count). The van der Waals surface area contributed by atoms with Crippen molar-refractivity contribution < 1.29 is 14.2 Å². The SMILES string of the molecule is COc1cc(OC)c2c(c1)C(OC)CC2. The van der Waals surface area contributed by atoms with Crippen LogP contribution >= 0.6 is 0 Å². The van der Waals surface area contributed by atoms with Gasteiger partial charge in [-0.05, 0) is 24.5 Å². The molecule has 82 valence electrons. The molecule has 0 heterocycles. The van der Waals surface area contributed by atoms with E-state index in [0.29, 0.717) is 0 Å². The molecule has 0 fully saturated rings. The number of ether oxygens (including phenoxy) is 3. The summed E-state index contributed by atoms with van der Waals surface area (Å²) in [6.45, 7) is 0. The van der Waals surface area contributed by atoms with Crippen molar-refractivity contribution in [3.05, 3.63) is 23.3 Å². The predicted octanol–water partition coefficient (Wildman–Crippen LogP) is 2.34. The summed E-state index contributed by atoms with van der Waals surface area (Å²) in [6, 6.07) is 3.97. The second kappa shape index (κ2) is 4.11. The van der Waals surface area contributed by atoms with Crippen LogP contribution in [0.5, 0.6) is 11.5 Å². The fourth-order valence-electron chi connectivity index (χ4n) is 2.17. The van der Waals surface area contributed by atoms with Gasteiger partial charge in [-0.25, -0.2) is 0 Å². The van der Waals surface area contributed by atoms with E-state index in [-0.39, 0.29) is 6.10 Å². The molecule has 1 unspecified atom stereocenters. The van der Waals surface area contributed by atoms with Gasteiger partial charge >= 0.3 is 0 Å². The molecule has 1 aliphatic rings. The Bertz CT molecular complexity index is 360. The first-order chi connectivity index (χ1) is 7.30. The van der Waals surface area contributed by atoms with Gasteiger partial charge in [0.15, 0.2) is 0 Å². The predicted molar refractivity (Wildman–Crippen MR) is 57.6 cm³/mol. The molecule has 0 radical (unpaired) electrons. The minimum atomic E-state index is 0.184. The number of fused-ring (bicyclic) bond motifs is 1. The van der Waals surface area contributed by atoms with Crippen LogP contribution in [0.1, 0.15) is 23.7 Å². The highest BCUT2D eigenvalue weighted by Gasteiger charge is 2.26. The molecule has 3 nitrogen and oxygen atoms in total. The van der Waals surface area contributed by atoms with Crippen molar-refractivity contribution in [3.63, 3.8) is 0 Å². The van der Waals surface area contributed by atoms with Crippen LogP contribution < -0.4 is 9.47 Å². The van der Waals surface area contributed by atoms with Gasteiger partial charge in [-0.15, -0.1) is 0 Å². The second-order valence-corrected chi connectivity index (χ2v) is 3.66. The molecule has 1 aromatic carbocycles. The van der Waals surface area contributed by atoms with Gasteiger partial charge in [0.25, 0.3) is 0 Å². The van der Waals surface area contributed by atoms with E-state index in [2.05, 4.69) is 0 Å². The van der Waals surface area contributed by atoms with Crippen LogP contribution in [-0.2, 0) is 11.2 Å². The largest absolute Gasteiger partial charge is 0.497 e. The molecule has 0 aliphatic heterocycles. The van der Waals surface area contributed by atoms with Crippen molar-refractivity contribution in [2.45, 2.75) is 18.9 Å². The average molecular weight is 208 g/mol.